The van der Waals surface area contributed by atoms with Gasteiger partial charge >= 0.3 is 0 Å². The molecule has 17 heavy (non-hydrogen) atoms. The third-order valence-electron chi connectivity index (χ3n) is 2.84. The molecule has 2 aromatic rings. The van der Waals surface area contributed by atoms with E-state index in [1.807, 2.05) is 30.3 Å². The lowest BCUT2D eigenvalue weighted by Crippen LogP contribution is -2.34. The van der Waals surface area contributed by atoms with Crippen molar-refractivity contribution in [3.8, 4) is 0 Å². The number of carbonyl (C=O) groups excluding carboxylic acids is 1. The number of furan rings is 1. The second-order valence-electron chi connectivity index (χ2n) is 4.62. The summed E-state index contributed by atoms with van der Waals surface area (Å²) in [4.78, 5) is 16.0. The monoisotopic (exact) mass is 228 g/mol. The molecule has 4 heteroatoms. The number of aliphatic imine (C=N–C) groups is 1. The summed E-state index contributed by atoms with van der Waals surface area (Å²) in [6.07, 6.45) is 0. The lowest BCUT2D eigenvalue weighted by molar-refractivity contribution is -0.122. The molecule has 0 aliphatic carbocycles. The molecule has 3 rings (SSSR count). The smallest absolute Gasteiger partial charge is 0.253 e. The van der Waals surface area contributed by atoms with Crippen molar-refractivity contribution in [3.05, 3.63) is 36.1 Å². The van der Waals surface area contributed by atoms with Gasteiger partial charge in [0.1, 0.15) is 11.1 Å². The quantitative estimate of drug-likeness (QED) is 0.812. The van der Waals surface area contributed by atoms with E-state index in [0.29, 0.717) is 11.6 Å². The zero-order chi connectivity index (χ0) is 12.0. The van der Waals surface area contributed by atoms with Crippen molar-refractivity contribution >= 4 is 22.7 Å². The van der Waals surface area contributed by atoms with Crippen molar-refractivity contribution in [1.29, 1.82) is 0 Å². The number of amides is 1. The largest absolute Gasteiger partial charge is 0.453 e. The van der Waals surface area contributed by atoms with Gasteiger partial charge in [0.2, 0.25) is 0 Å². The topological polar surface area (TPSA) is 54.6 Å². The normalized spacial score (nSPS) is 18.2. The zero-order valence-corrected chi connectivity index (χ0v) is 9.65. The van der Waals surface area contributed by atoms with Crippen LogP contribution in [0.4, 0.5) is 0 Å². The van der Waals surface area contributed by atoms with Crippen LogP contribution in [0.2, 0.25) is 0 Å². The molecule has 0 saturated heterocycles. The Hall–Kier alpha value is -2.10. The van der Waals surface area contributed by atoms with Crippen molar-refractivity contribution < 1.29 is 9.21 Å². The number of amidine groups is 1. The molecule has 86 valence electrons. The number of benzene rings is 1. The molecule has 4 nitrogen and oxygen atoms in total. The highest BCUT2D eigenvalue weighted by molar-refractivity contribution is 6.14. The van der Waals surface area contributed by atoms with E-state index < -0.39 is 5.54 Å². The van der Waals surface area contributed by atoms with Crippen molar-refractivity contribution in [2.24, 2.45) is 4.99 Å². The summed E-state index contributed by atoms with van der Waals surface area (Å²) in [6, 6.07) is 9.59. The molecule has 0 fully saturated rings. The first-order valence-corrected chi connectivity index (χ1v) is 5.46. The van der Waals surface area contributed by atoms with Crippen molar-refractivity contribution in [2.45, 2.75) is 19.4 Å². The summed E-state index contributed by atoms with van der Waals surface area (Å²) in [6.45, 7) is 3.55. The molecule has 1 N–H and O–H groups in total. The lowest BCUT2D eigenvalue weighted by Gasteiger charge is -2.07. The van der Waals surface area contributed by atoms with Crippen LogP contribution in [-0.4, -0.2) is 17.3 Å². The van der Waals surface area contributed by atoms with E-state index in [-0.39, 0.29) is 5.91 Å². The first-order chi connectivity index (χ1) is 8.06. The Morgan fingerprint density at radius 3 is 2.71 bits per heavy atom. The number of nitrogens with one attached hydrogen (secondary N) is 1. The predicted octanol–water partition coefficient (Wildman–Crippen LogP) is 2.09. The molecule has 2 heterocycles. The predicted molar refractivity (Wildman–Crippen MR) is 65.0 cm³/mol. The maximum atomic E-state index is 11.6. The SMILES string of the molecule is CC1(C)N=C(c2cc3ccccc3o2)NC1=O. The van der Waals surface area contributed by atoms with Crippen LogP contribution >= 0.6 is 0 Å². The van der Waals surface area contributed by atoms with Gasteiger partial charge in [-0.1, -0.05) is 18.2 Å². The van der Waals surface area contributed by atoms with Gasteiger partial charge in [-0.2, -0.15) is 0 Å². The van der Waals surface area contributed by atoms with E-state index in [1.54, 1.807) is 13.8 Å². The molecule has 0 spiro atoms. The Morgan fingerprint density at radius 2 is 2.06 bits per heavy atom. The van der Waals surface area contributed by atoms with Crippen LogP contribution in [0.15, 0.2) is 39.7 Å². The van der Waals surface area contributed by atoms with Crippen LogP contribution in [0.1, 0.15) is 19.6 Å². The van der Waals surface area contributed by atoms with Gasteiger partial charge in [0.25, 0.3) is 5.91 Å². The summed E-state index contributed by atoms with van der Waals surface area (Å²) in [5.74, 6) is 1.01. The average molecular weight is 228 g/mol. The standard InChI is InChI=1S/C13H12N2O2/c1-13(2)12(16)14-11(15-13)10-7-8-5-3-4-6-9(8)17-10/h3-7H,1-2H3,(H,14,15,16). The van der Waals surface area contributed by atoms with E-state index >= 15 is 0 Å². The number of hydrogen-bond donors (Lipinski definition) is 1. The molecule has 1 aromatic carbocycles. The van der Waals surface area contributed by atoms with E-state index in [4.69, 9.17) is 4.42 Å². The van der Waals surface area contributed by atoms with Crippen LogP contribution < -0.4 is 5.32 Å². The van der Waals surface area contributed by atoms with Crippen molar-refractivity contribution in [3.63, 3.8) is 0 Å². The summed E-state index contributed by atoms with van der Waals surface area (Å²) in [5.41, 5.74) is 0.0815. The lowest BCUT2D eigenvalue weighted by atomic mass is 10.1. The number of fused-ring (bicyclic) bond motifs is 1. The van der Waals surface area contributed by atoms with Crippen molar-refractivity contribution in [1.82, 2.24) is 5.32 Å². The molecule has 0 unspecified atom stereocenters. The number of para-hydroxylation sites is 1. The molecule has 0 atom stereocenters. The first kappa shape index (κ1) is 10.1. The van der Waals surface area contributed by atoms with E-state index in [9.17, 15) is 4.79 Å². The number of nitrogens with zero attached hydrogens (tertiary/aromatic N) is 1. The fourth-order valence-corrected chi connectivity index (χ4v) is 1.83. The van der Waals surface area contributed by atoms with Crippen LogP contribution in [0.25, 0.3) is 11.0 Å². The highest BCUT2D eigenvalue weighted by Crippen LogP contribution is 2.23. The van der Waals surface area contributed by atoms with Gasteiger partial charge in [0.15, 0.2) is 11.6 Å². The average Bonchev–Trinajstić information content (AvgIpc) is 2.80. The molecular formula is C13H12N2O2. The molecule has 1 aliphatic rings. The molecule has 0 bridgehead atoms. The van der Waals surface area contributed by atoms with Crippen LogP contribution in [0.3, 0.4) is 0 Å². The molecule has 0 saturated carbocycles. The van der Waals surface area contributed by atoms with Gasteiger partial charge in [0.05, 0.1) is 0 Å². The molecule has 1 aromatic heterocycles. The fraction of sp³-hybridized carbons (Fsp3) is 0.231. The van der Waals surface area contributed by atoms with E-state index in [2.05, 4.69) is 10.3 Å². The summed E-state index contributed by atoms with van der Waals surface area (Å²) in [7, 11) is 0. The number of rotatable bonds is 1. The molecule has 1 aliphatic heterocycles. The van der Waals surface area contributed by atoms with Gasteiger partial charge in [0, 0.05) is 5.39 Å². The summed E-state index contributed by atoms with van der Waals surface area (Å²) in [5, 5.41) is 3.74. The second-order valence-corrected chi connectivity index (χ2v) is 4.62. The van der Waals surface area contributed by atoms with Gasteiger partial charge < -0.3 is 9.73 Å². The van der Waals surface area contributed by atoms with Crippen LogP contribution in [0, 0.1) is 0 Å². The fourth-order valence-electron chi connectivity index (χ4n) is 1.83. The maximum absolute atomic E-state index is 11.6. The van der Waals surface area contributed by atoms with Crippen molar-refractivity contribution in [2.75, 3.05) is 0 Å². The van der Waals surface area contributed by atoms with Crippen LogP contribution in [-0.2, 0) is 4.79 Å². The Kier molecular flexibility index (Phi) is 1.90. The highest BCUT2D eigenvalue weighted by atomic mass is 16.3. The van der Waals surface area contributed by atoms with Gasteiger partial charge in [-0.05, 0) is 26.0 Å². The first-order valence-electron chi connectivity index (χ1n) is 5.46. The third kappa shape index (κ3) is 1.53. The Balaban J connectivity index is 2.09. The molecule has 0 radical (unpaired) electrons. The highest BCUT2D eigenvalue weighted by Gasteiger charge is 2.35. The van der Waals surface area contributed by atoms with Gasteiger partial charge in [-0.3, -0.25) is 4.79 Å². The van der Waals surface area contributed by atoms with Gasteiger partial charge in [-0.15, -0.1) is 0 Å². The zero-order valence-electron chi connectivity index (χ0n) is 9.65. The third-order valence-corrected chi connectivity index (χ3v) is 2.84. The Labute approximate surface area is 98.3 Å². The number of hydrogen-bond acceptors (Lipinski definition) is 3. The minimum Gasteiger partial charge on any atom is -0.453 e. The Morgan fingerprint density at radius 1 is 1.29 bits per heavy atom. The summed E-state index contributed by atoms with van der Waals surface area (Å²) >= 11 is 0. The minimum absolute atomic E-state index is 0.104. The minimum atomic E-state index is -0.714. The second kappa shape index (κ2) is 3.20. The van der Waals surface area contributed by atoms with E-state index in [0.717, 1.165) is 11.0 Å². The van der Waals surface area contributed by atoms with Gasteiger partial charge in [-0.25, -0.2) is 4.99 Å². The van der Waals surface area contributed by atoms with Crippen LogP contribution in [0.5, 0.6) is 0 Å². The maximum Gasteiger partial charge on any atom is 0.253 e. The number of carbonyl (C=O) groups is 1. The summed E-state index contributed by atoms with van der Waals surface area (Å²) < 4.78 is 5.65. The Bertz CT molecular complexity index is 605. The molecule has 1 amide bonds. The molecular weight excluding hydrogens is 216 g/mol. The van der Waals surface area contributed by atoms with E-state index in [1.165, 1.54) is 0 Å².